The minimum absolute atomic E-state index is 0.265. The van der Waals surface area contributed by atoms with E-state index in [9.17, 15) is 4.79 Å². The standard InChI is InChI=1S/C16H14Cl2N2O2/c17-14-8-12-9-20(7-6-13(12)15(18)19-14)16(21)22-10-11-4-2-1-3-5-11/h1-5,8H,6-7,9-10H2. The average Bonchev–Trinajstić information content (AvgIpc) is 2.53. The van der Waals surface area contributed by atoms with Crippen LogP contribution in [0.1, 0.15) is 16.7 Å². The van der Waals surface area contributed by atoms with E-state index in [2.05, 4.69) is 4.98 Å². The molecule has 0 N–H and O–H groups in total. The molecule has 3 rings (SSSR count). The Balaban J connectivity index is 1.65. The first-order valence-corrected chi connectivity index (χ1v) is 7.68. The molecule has 22 heavy (non-hydrogen) atoms. The van der Waals surface area contributed by atoms with E-state index in [4.69, 9.17) is 27.9 Å². The first-order valence-electron chi connectivity index (χ1n) is 6.93. The summed E-state index contributed by atoms with van der Waals surface area (Å²) in [5.41, 5.74) is 2.84. The van der Waals surface area contributed by atoms with Gasteiger partial charge in [-0.3, -0.25) is 0 Å². The number of aromatic nitrogens is 1. The molecule has 0 spiro atoms. The van der Waals surface area contributed by atoms with Crippen molar-refractivity contribution in [2.24, 2.45) is 0 Å². The predicted molar refractivity (Wildman–Crippen MR) is 85.0 cm³/mol. The lowest BCUT2D eigenvalue weighted by molar-refractivity contribution is 0.0918. The minimum Gasteiger partial charge on any atom is -0.445 e. The van der Waals surface area contributed by atoms with E-state index in [0.29, 0.717) is 29.8 Å². The van der Waals surface area contributed by atoms with Crippen LogP contribution in [0, 0.1) is 0 Å². The van der Waals surface area contributed by atoms with Crippen molar-refractivity contribution in [3.8, 4) is 0 Å². The number of halogens is 2. The van der Waals surface area contributed by atoms with Gasteiger partial charge in [-0.25, -0.2) is 9.78 Å². The summed E-state index contributed by atoms with van der Waals surface area (Å²) in [6, 6.07) is 11.3. The van der Waals surface area contributed by atoms with E-state index < -0.39 is 0 Å². The van der Waals surface area contributed by atoms with Crippen LogP contribution in [-0.4, -0.2) is 22.5 Å². The van der Waals surface area contributed by atoms with E-state index in [-0.39, 0.29) is 12.7 Å². The van der Waals surface area contributed by atoms with Crippen LogP contribution >= 0.6 is 23.2 Å². The van der Waals surface area contributed by atoms with E-state index in [1.54, 1.807) is 11.0 Å². The molecule has 0 radical (unpaired) electrons. The number of hydrogen-bond acceptors (Lipinski definition) is 3. The van der Waals surface area contributed by atoms with Crippen molar-refractivity contribution >= 4 is 29.3 Å². The molecule has 2 heterocycles. The molecule has 4 nitrogen and oxygen atoms in total. The number of ether oxygens (including phenoxy) is 1. The second-order valence-corrected chi connectivity index (χ2v) is 5.83. The average molecular weight is 337 g/mol. The number of benzene rings is 1. The normalized spacial score (nSPS) is 13.6. The Hall–Kier alpha value is -1.78. The molecule has 0 atom stereocenters. The monoisotopic (exact) mass is 336 g/mol. The van der Waals surface area contributed by atoms with Crippen molar-refractivity contribution in [3.63, 3.8) is 0 Å². The lowest BCUT2D eigenvalue weighted by Crippen LogP contribution is -2.36. The van der Waals surface area contributed by atoms with Gasteiger partial charge in [0.05, 0.1) is 0 Å². The van der Waals surface area contributed by atoms with Crippen LogP contribution in [0.3, 0.4) is 0 Å². The summed E-state index contributed by atoms with van der Waals surface area (Å²) in [7, 11) is 0. The Kier molecular flexibility index (Phi) is 4.50. The molecule has 1 aliphatic rings. The van der Waals surface area contributed by atoms with Gasteiger partial charge in [-0.1, -0.05) is 53.5 Å². The molecule has 0 fully saturated rings. The quantitative estimate of drug-likeness (QED) is 0.776. The minimum atomic E-state index is -0.335. The topological polar surface area (TPSA) is 42.4 Å². The molecule has 1 amide bonds. The summed E-state index contributed by atoms with van der Waals surface area (Å²) in [6.45, 7) is 1.26. The van der Waals surface area contributed by atoms with Gasteiger partial charge in [0, 0.05) is 13.1 Å². The summed E-state index contributed by atoms with van der Waals surface area (Å²) < 4.78 is 5.35. The zero-order chi connectivity index (χ0) is 15.5. The molecule has 0 unspecified atom stereocenters. The van der Waals surface area contributed by atoms with Crippen molar-refractivity contribution in [2.75, 3.05) is 6.54 Å². The van der Waals surface area contributed by atoms with E-state index in [1.165, 1.54) is 0 Å². The van der Waals surface area contributed by atoms with Gasteiger partial charge in [-0.15, -0.1) is 0 Å². The van der Waals surface area contributed by atoms with Crippen LogP contribution in [0.25, 0.3) is 0 Å². The maximum atomic E-state index is 12.2. The summed E-state index contributed by atoms with van der Waals surface area (Å²) in [5, 5.41) is 0.753. The fraction of sp³-hybridized carbons (Fsp3) is 0.250. The zero-order valence-electron chi connectivity index (χ0n) is 11.8. The number of fused-ring (bicyclic) bond motifs is 1. The number of pyridine rings is 1. The molecule has 0 aliphatic carbocycles. The Morgan fingerprint density at radius 2 is 2.05 bits per heavy atom. The highest BCUT2D eigenvalue weighted by molar-refractivity contribution is 6.33. The van der Waals surface area contributed by atoms with Gasteiger partial charge >= 0.3 is 6.09 Å². The van der Waals surface area contributed by atoms with Gasteiger partial charge in [-0.2, -0.15) is 0 Å². The number of rotatable bonds is 2. The molecule has 6 heteroatoms. The smallest absolute Gasteiger partial charge is 0.410 e. The highest BCUT2D eigenvalue weighted by atomic mass is 35.5. The fourth-order valence-corrected chi connectivity index (χ4v) is 3.03. The Labute approximate surface area is 138 Å². The lowest BCUT2D eigenvalue weighted by atomic mass is 10.0. The predicted octanol–water partition coefficient (Wildman–Crippen LogP) is 4.08. The first-order chi connectivity index (χ1) is 10.6. The Morgan fingerprint density at radius 3 is 2.82 bits per heavy atom. The van der Waals surface area contributed by atoms with Crippen LogP contribution in [0.15, 0.2) is 36.4 Å². The summed E-state index contributed by atoms with van der Waals surface area (Å²) in [6.07, 6.45) is 0.317. The summed E-state index contributed by atoms with van der Waals surface area (Å²) in [4.78, 5) is 17.9. The maximum Gasteiger partial charge on any atom is 0.410 e. The summed E-state index contributed by atoms with van der Waals surface area (Å²) >= 11 is 12.0. The van der Waals surface area contributed by atoms with Gasteiger partial charge in [0.1, 0.15) is 16.9 Å². The SMILES string of the molecule is O=C(OCc1ccccc1)N1CCc2c(cc(Cl)nc2Cl)C1. The molecule has 0 saturated carbocycles. The summed E-state index contributed by atoms with van der Waals surface area (Å²) in [5.74, 6) is 0. The second-order valence-electron chi connectivity index (χ2n) is 5.09. The maximum absolute atomic E-state index is 12.2. The van der Waals surface area contributed by atoms with Crippen LogP contribution in [0.2, 0.25) is 10.3 Å². The Bertz CT molecular complexity index is 692. The van der Waals surface area contributed by atoms with Gasteiger partial charge < -0.3 is 9.64 Å². The molecule has 0 bridgehead atoms. The highest BCUT2D eigenvalue weighted by Crippen LogP contribution is 2.27. The van der Waals surface area contributed by atoms with Crippen LogP contribution < -0.4 is 0 Å². The zero-order valence-corrected chi connectivity index (χ0v) is 13.3. The Morgan fingerprint density at radius 1 is 1.27 bits per heavy atom. The molecular weight excluding hydrogens is 323 g/mol. The van der Waals surface area contributed by atoms with Gasteiger partial charge in [0.25, 0.3) is 0 Å². The van der Waals surface area contributed by atoms with Crippen molar-refractivity contribution in [2.45, 2.75) is 19.6 Å². The second kappa shape index (κ2) is 6.55. The number of hydrogen-bond donors (Lipinski definition) is 0. The highest BCUT2D eigenvalue weighted by Gasteiger charge is 2.24. The van der Waals surface area contributed by atoms with Crippen molar-refractivity contribution in [1.82, 2.24) is 9.88 Å². The van der Waals surface area contributed by atoms with E-state index in [1.807, 2.05) is 30.3 Å². The number of amides is 1. The van der Waals surface area contributed by atoms with Crippen molar-refractivity contribution in [1.29, 1.82) is 0 Å². The van der Waals surface area contributed by atoms with Gasteiger partial charge in [0.15, 0.2) is 0 Å². The van der Waals surface area contributed by atoms with Gasteiger partial charge in [0.2, 0.25) is 0 Å². The van der Waals surface area contributed by atoms with Crippen LogP contribution in [-0.2, 0) is 24.3 Å². The molecule has 114 valence electrons. The molecule has 0 saturated heterocycles. The van der Waals surface area contributed by atoms with Crippen LogP contribution in [0.5, 0.6) is 0 Å². The van der Waals surface area contributed by atoms with Gasteiger partial charge in [-0.05, 0) is 29.2 Å². The molecule has 1 aromatic carbocycles. The molecular formula is C16H14Cl2N2O2. The third-order valence-electron chi connectivity index (χ3n) is 3.59. The third-order valence-corrected chi connectivity index (χ3v) is 4.10. The fourth-order valence-electron chi connectivity index (χ4n) is 2.46. The van der Waals surface area contributed by atoms with Crippen molar-refractivity contribution in [3.05, 3.63) is 63.4 Å². The molecule has 1 aromatic heterocycles. The number of nitrogens with zero attached hydrogens (tertiary/aromatic N) is 2. The molecule has 1 aliphatic heterocycles. The van der Waals surface area contributed by atoms with E-state index >= 15 is 0 Å². The number of carbonyl (C=O) groups is 1. The molecule has 2 aromatic rings. The largest absolute Gasteiger partial charge is 0.445 e. The van der Waals surface area contributed by atoms with Crippen molar-refractivity contribution < 1.29 is 9.53 Å². The lowest BCUT2D eigenvalue weighted by Gasteiger charge is -2.28. The van der Waals surface area contributed by atoms with Crippen LogP contribution in [0.4, 0.5) is 4.79 Å². The first kappa shape index (κ1) is 15.1. The van der Waals surface area contributed by atoms with E-state index in [0.717, 1.165) is 16.7 Å². The third kappa shape index (κ3) is 3.34. The number of carbonyl (C=O) groups excluding carboxylic acids is 1.